The fourth-order valence-corrected chi connectivity index (χ4v) is 3.53. The van der Waals surface area contributed by atoms with Gasteiger partial charge in [0.2, 0.25) is 5.91 Å². The van der Waals surface area contributed by atoms with E-state index in [9.17, 15) is 4.79 Å². The Bertz CT molecular complexity index is 516. The molecule has 1 aromatic rings. The molecule has 1 N–H and O–H groups in total. The molecule has 0 bridgehead atoms. The molecule has 4 nitrogen and oxygen atoms in total. The second-order valence-corrected chi connectivity index (χ2v) is 6.72. The van der Waals surface area contributed by atoms with Crippen LogP contribution < -0.4 is 5.32 Å². The summed E-state index contributed by atoms with van der Waals surface area (Å²) in [7, 11) is 0. The molecule has 1 amide bonds. The lowest BCUT2D eigenvalue weighted by Gasteiger charge is -2.35. The molecular weight excluding hydrogens is 369 g/mol. The molecule has 3 rings (SSSR count). The summed E-state index contributed by atoms with van der Waals surface area (Å²) in [6, 6.07) is 8.42. The number of halogens is 3. The van der Waals surface area contributed by atoms with Gasteiger partial charge >= 0.3 is 0 Å². The van der Waals surface area contributed by atoms with Crippen molar-refractivity contribution < 1.29 is 4.79 Å². The largest absolute Gasteiger partial charge is 0.340 e. The number of amides is 1. The molecule has 2 saturated heterocycles. The Kier molecular flexibility index (Phi) is 9.39. The zero-order valence-electron chi connectivity index (χ0n) is 13.7. The molecule has 2 aliphatic rings. The number of nitrogens with one attached hydrogen (secondary N) is 1. The number of benzene rings is 1. The van der Waals surface area contributed by atoms with Crippen LogP contribution in [0.25, 0.3) is 0 Å². The summed E-state index contributed by atoms with van der Waals surface area (Å²) in [4.78, 5) is 16.7. The van der Waals surface area contributed by atoms with Gasteiger partial charge in [-0.3, -0.25) is 9.69 Å². The van der Waals surface area contributed by atoms with Crippen LogP contribution in [0.4, 0.5) is 0 Å². The number of carbonyl (C=O) groups excluding carboxylic acids is 1. The molecule has 1 aromatic carbocycles. The highest BCUT2D eigenvalue weighted by Crippen LogP contribution is 2.15. The highest BCUT2D eigenvalue weighted by atomic mass is 35.5. The molecule has 0 aliphatic carbocycles. The Morgan fingerprint density at radius 3 is 2.58 bits per heavy atom. The van der Waals surface area contributed by atoms with Gasteiger partial charge in [-0.05, 0) is 37.1 Å². The molecule has 1 unspecified atom stereocenters. The minimum absolute atomic E-state index is 0. The number of rotatable bonds is 4. The third-order valence-corrected chi connectivity index (χ3v) is 4.84. The van der Waals surface area contributed by atoms with Crippen LogP contribution in [-0.4, -0.2) is 54.5 Å². The van der Waals surface area contributed by atoms with Crippen LogP contribution in [-0.2, 0) is 11.3 Å². The molecular formula is C17H26Cl3N3O. The summed E-state index contributed by atoms with van der Waals surface area (Å²) >= 11 is 6.03. The van der Waals surface area contributed by atoms with Crippen molar-refractivity contribution in [3.8, 4) is 0 Å². The standard InChI is InChI=1S/C17H24ClN3O.2ClH/c18-15-4-1-3-14(11-15)13-20-7-9-21(10-8-20)17(22)12-16-5-2-6-19-16;;/h1,3-4,11,16,19H,2,5-10,12-13H2;2*1H. The van der Waals surface area contributed by atoms with Gasteiger partial charge in [0.05, 0.1) is 0 Å². The van der Waals surface area contributed by atoms with Gasteiger partial charge in [0.15, 0.2) is 0 Å². The highest BCUT2D eigenvalue weighted by Gasteiger charge is 2.24. The lowest BCUT2D eigenvalue weighted by molar-refractivity contribution is -0.133. The third kappa shape index (κ3) is 6.08. The van der Waals surface area contributed by atoms with E-state index in [1.807, 2.05) is 23.1 Å². The van der Waals surface area contributed by atoms with Crippen LogP contribution >= 0.6 is 36.4 Å². The average Bonchev–Trinajstić information content (AvgIpc) is 3.01. The zero-order chi connectivity index (χ0) is 15.4. The van der Waals surface area contributed by atoms with Crippen LogP contribution in [0.2, 0.25) is 5.02 Å². The fourth-order valence-electron chi connectivity index (χ4n) is 3.32. The Morgan fingerprint density at radius 1 is 1.21 bits per heavy atom. The number of hydrogen-bond acceptors (Lipinski definition) is 3. The van der Waals surface area contributed by atoms with E-state index in [1.54, 1.807) is 0 Å². The molecule has 0 spiro atoms. The molecule has 0 aromatic heterocycles. The Hall–Kier alpha value is -0.520. The van der Waals surface area contributed by atoms with Gasteiger partial charge in [-0.1, -0.05) is 23.7 Å². The first-order valence-electron chi connectivity index (χ1n) is 8.19. The summed E-state index contributed by atoms with van der Waals surface area (Å²) in [5.41, 5.74) is 1.24. The van der Waals surface area contributed by atoms with Crippen molar-refractivity contribution in [2.45, 2.75) is 31.8 Å². The van der Waals surface area contributed by atoms with Crippen molar-refractivity contribution in [1.29, 1.82) is 0 Å². The van der Waals surface area contributed by atoms with E-state index in [0.29, 0.717) is 18.4 Å². The molecule has 0 radical (unpaired) electrons. The molecule has 0 saturated carbocycles. The normalized spacial score (nSPS) is 21.0. The molecule has 2 fully saturated rings. The quantitative estimate of drug-likeness (QED) is 0.853. The maximum Gasteiger partial charge on any atom is 0.224 e. The highest BCUT2D eigenvalue weighted by molar-refractivity contribution is 6.30. The van der Waals surface area contributed by atoms with Gasteiger partial charge in [-0.25, -0.2) is 0 Å². The van der Waals surface area contributed by atoms with E-state index in [4.69, 9.17) is 11.6 Å². The lowest BCUT2D eigenvalue weighted by Crippen LogP contribution is -2.49. The third-order valence-electron chi connectivity index (χ3n) is 4.60. The predicted molar refractivity (Wildman–Crippen MR) is 103 cm³/mol. The van der Waals surface area contributed by atoms with E-state index in [-0.39, 0.29) is 24.8 Å². The van der Waals surface area contributed by atoms with Gasteiger partial charge in [-0.15, -0.1) is 24.8 Å². The maximum atomic E-state index is 12.3. The van der Waals surface area contributed by atoms with Crippen molar-refractivity contribution in [1.82, 2.24) is 15.1 Å². The first kappa shape index (κ1) is 21.5. The summed E-state index contributed by atoms with van der Waals surface area (Å²) < 4.78 is 0. The minimum Gasteiger partial charge on any atom is -0.340 e. The fraction of sp³-hybridized carbons (Fsp3) is 0.588. The first-order chi connectivity index (χ1) is 10.7. The Balaban J connectivity index is 0.00000144. The number of nitrogens with zero attached hydrogens (tertiary/aromatic N) is 2. The monoisotopic (exact) mass is 393 g/mol. The summed E-state index contributed by atoms with van der Waals surface area (Å²) in [5, 5.41) is 4.19. The number of hydrogen-bond donors (Lipinski definition) is 1. The van der Waals surface area contributed by atoms with Gasteiger partial charge < -0.3 is 10.2 Å². The molecule has 2 aliphatic heterocycles. The van der Waals surface area contributed by atoms with Crippen LogP contribution in [0.3, 0.4) is 0 Å². The summed E-state index contributed by atoms with van der Waals surface area (Å²) in [5.74, 6) is 0.307. The van der Waals surface area contributed by atoms with Crippen molar-refractivity contribution in [3.05, 3.63) is 34.9 Å². The minimum atomic E-state index is 0. The van der Waals surface area contributed by atoms with Gasteiger partial charge in [0.1, 0.15) is 0 Å². The Morgan fingerprint density at radius 2 is 1.96 bits per heavy atom. The molecule has 1 atom stereocenters. The molecule has 2 heterocycles. The van der Waals surface area contributed by atoms with Gasteiger partial charge in [0, 0.05) is 50.2 Å². The van der Waals surface area contributed by atoms with Gasteiger partial charge in [0.25, 0.3) is 0 Å². The van der Waals surface area contributed by atoms with Crippen molar-refractivity contribution >= 4 is 42.3 Å². The van der Waals surface area contributed by atoms with Crippen molar-refractivity contribution in [2.24, 2.45) is 0 Å². The number of piperazine rings is 1. The lowest BCUT2D eigenvalue weighted by atomic mass is 10.1. The van der Waals surface area contributed by atoms with E-state index < -0.39 is 0 Å². The summed E-state index contributed by atoms with van der Waals surface area (Å²) in [6.45, 7) is 5.53. The zero-order valence-corrected chi connectivity index (χ0v) is 16.1. The van der Waals surface area contributed by atoms with Crippen molar-refractivity contribution in [3.63, 3.8) is 0 Å². The van der Waals surface area contributed by atoms with Crippen LogP contribution in [0.5, 0.6) is 0 Å². The van der Waals surface area contributed by atoms with Crippen LogP contribution in [0, 0.1) is 0 Å². The topological polar surface area (TPSA) is 35.6 Å². The first-order valence-corrected chi connectivity index (χ1v) is 8.56. The van der Waals surface area contributed by atoms with E-state index in [1.165, 1.54) is 12.0 Å². The van der Waals surface area contributed by atoms with E-state index in [2.05, 4.69) is 16.3 Å². The van der Waals surface area contributed by atoms with Crippen molar-refractivity contribution in [2.75, 3.05) is 32.7 Å². The maximum absolute atomic E-state index is 12.3. The second kappa shape index (κ2) is 10.5. The van der Waals surface area contributed by atoms with E-state index in [0.717, 1.165) is 50.7 Å². The Labute approximate surface area is 161 Å². The smallest absolute Gasteiger partial charge is 0.224 e. The van der Waals surface area contributed by atoms with Gasteiger partial charge in [-0.2, -0.15) is 0 Å². The summed E-state index contributed by atoms with van der Waals surface area (Å²) in [6.07, 6.45) is 3.00. The average molecular weight is 395 g/mol. The number of carbonyl (C=O) groups is 1. The SMILES string of the molecule is Cl.Cl.O=C(CC1CCCN1)N1CCN(Cc2cccc(Cl)c2)CC1. The van der Waals surface area contributed by atoms with E-state index >= 15 is 0 Å². The van der Waals surface area contributed by atoms with Crippen LogP contribution in [0.1, 0.15) is 24.8 Å². The predicted octanol–water partition coefficient (Wildman–Crippen LogP) is 2.97. The molecule has 136 valence electrons. The van der Waals surface area contributed by atoms with Crippen LogP contribution in [0.15, 0.2) is 24.3 Å². The second-order valence-electron chi connectivity index (χ2n) is 6.28. The molecule has 24 heavy (non-hydrogen) atoms. The molecule has 7 heteroatoms.